The summed E-state index contributed by atoms with van der Waals surface area (Å²) in [5, 5.41) is 14.0. The minimum atomic E-state index is 0.553. The molecular weight excluding hydrogens is 611 g/mol. The Morgan fingerprint density at radius 3 is 1.80 bits per heavy atom. The SMILES string of the molecule is [C-]#[N+]c1ccc(-c2ccccc2-c2ccc(-n3c4ccccc4c4ccc([N+]#[C-])cc43)cc2)c(-n2c3ccccc3c3cc(C#N)ccc32)c1. The molecule has 0 atom stereocenters. The number of nitriles is 1. The summed E-state index contributed by atoms with van der Waals surface area (Å²) < 4.78 is 4.45. The smallest absolute Gasteiger partial charge is 0.189 e. The van der Waals surface area contributed by atoms with Gasteiger partial charge in [-0.25, -0.2) is 9.69 Å². The van der Waals surface area contributed by atoms with Gasteiger partial charge < -0.3 is 9.13 Å². The molecule has 5 heteroatoms. The van der Waals surface area contributed by atoms with E-state index in [2.05, 4.69) is 110 Å². The Hall–Kier alpha value is -7.39. The van der Waals surface area contributed by atoms with Crippen LogP contribution in [-0.2, 0) is 0 Å². The van der Waals surface area contributed by atoms with Crippen molar-refractivity contribution in [2.24, 2.45) is 0 Å². The number of hydrogen-bond donors (Lipinski definition) is 0. The highest BCUT2D eigenvalue weighted by Gasteiger charge is 2.19. The van der Waals surface area contributed by atoms with Crippen molar-refractivity contribution in [2.45, 2.75) is 0 Å². The average Bonchev–Trinajstić information content (AvgIpc) is 3.69. The highest BCUT2D eigenvalue weighted by atomic mass is 15.0. The molecule has 0 N–H and O–H groups in total. The van der Waals surface area contributed by atoms with Gasteiger partial charge in [0.05, 0.1) is 41.3 Å². The van der Waals surface area contributed by atoms with Crippen LogP contribution in [0.3, 0.4) is 0 Å². The Morgan fingerprint density at radius 2 is 1.06 bits per heavy atom. The van der Waals surface area contributed by atoms with E-state index in [-0.39, 0.29) is 0 Å². The molecule has 230 valence electrons. The summed E-state index contributed by atoms with van der Waals surface area (Å²) in [6, 6.07) is 53.5. The second-order valence-electron chi connectivity index (χ2n) is 12.3. The van der Waals surface area contributed by atoms with E-state index in [9.17, 15) is 5.26 Å². The van der Waals surface area contributed by atoms with E-state index in [1.165, 1.54) is 0 Å². The second kappa shape index (κ2) is 11.4. The normalized spacial score (nSPS) is 11.1. The van der Waals surface area contributed by atoms with Crippen LogP contribution in [0.2, 0.25) is 0 Å². The van der Waals surface area contributed by atoms with Gasteiger partial charge in [0, 0.05) is 44.0 Å². The highest BCUT2D eigenvalue weighted by Crippen LogP contribution is 2.42. The minimum Gasteiger partial charge on any atom is -0.311 e. The first-order valence-electron chi connectivity index (χ1n) is 16.2. The van der Waals surface area contributed by atoms with E-state index in [1.54, 1.807) is 0 Å². The fourth-order valence-electron chi connectivity index (χ4n) is 7.37. The van der Waals surface area contributed by atoms with Crippen molar-refractivity contribution in [2.75, 3.05) is 0 Å². The summed E-state index contributed by atoms with van der Waals surface area (Å²) in [5.74, 6) is 0. The van der Waals surface area contributed by atoms with Crippen molar-refractivity contribution in [3.63, 3.8) is 0 Å². The number of rotatable bonds is 4. The van der Waals surface area contributed by atoms with Gasteiger partial charge in [0.2, 0.25) is 0 Å². The predicted molar refractivity (Wildman–Crippen MR) is 203 cm³/mol. The first-order valence-corrected chi connectivity index (χ1v) is 16.2. The molecule has 2 heterocycles. The van der Waals surface area contributed by atoms with Crippen molar-refractivity contribution in [3.05, 3.63) is 180 Å². The molecule has 0 unspecified atom stereocenters. The first kappa shape index (κ1) is 28.8. The molecule has 0 saturated carbocycles. The molecule has 0 saturated heterocycles. The lowest BCUT2D eigenvalue weighted by molar-refractivity contribution is 1.18. The lowest BCUT2D eigenvalue weighted by atomic mass is 9.93. The molecule has 0 bridgehead atoms. The number of fused-ring (bicyclic) bond motifs is 6. The number of nitrogens with zero attached hydrogens (tertiary/aromatic N) is 5. The topological polar surface area (TPSA) is 42.4 Å². The maximum Gasteiger partial charge on any atom is 0.189 e. The van der Waals surface area contributed by atoms with Gasteiger partial charge in [-0.1, -0.05) is 97.1 Å². The quantitative estimate of drug-likeness (QED) is 0.177. The Kier molecular flexibility index (Phi) is 6.56. The zero-order valence-electron chi connectivity index (χ0n) is 26.7. The molecule has 0 aliphatic heterocycles. The third-order valence-electron chi connectivity index (χ3n) is 9.59. The fraction of sp³-hybridized carbons (Fsp3) is 0. The molecule has 0 aliphatic carbocycles. The largest absolute Gasteiger partial charge is 0.311 e. The first-order chi connectivity index (χ1) is 24.7. The lowest BCUT2D eigenvalue weighted by Gasteiger charge is -2.18. The zero-order valence-corrected chi connectivity index (χ0v) is 26.7. The van der Waals surface area contributed by atoms with Gasteiger partial charge in [-0.3, -0.25) is 0 Å². The molecule has 0 fully saturated rings. The molecule has 0 amide bonds. The molecular formula is C45H25N5. The van der Waals surface area contributed by atoms with Gasteiger partial charge in [-0.05, 0) is 71.3 Å². The van der Waals surface area contributed by atoms with Crippen LogP contribution in [0, 0.1) is 24.5 Å². The van der Waals surface area contributed by atoms with E-state index in [4.69, 9.17) is 13.1 Å². The van der Waals surface area contributed by atoms with Crippen LogP contribution in [0.4, 0.5) is 11.4 Å². The lowest BCUT2D eigenvalue weighted by Crippen LogP contribution is -1.98. The summed E-state index contributed by atoms with van der Waals surface area (Å²) in [4.78, 5) is 7.51. The van der Waals surface area contributed by atoms with E-state index in [0.29, 0.717) is 16.9 Å². The summed E-state index contributed by atoms with van der Waals surface area (Å²) in [6.45, 7) is 15.5. The Balaban J connectivity index is 1.23. The van der Waals surface area contributed by atoms with Gasteiger partial charge in [-0.2, -0.15) is 5.26 Å². The van der Waals surface area contributed by atoms with Gasteiger partial charge in [0.15, 0.2) is 11.4 Å². The summed E-state index contributed by atoms with van der Waals surface area (Å²) in [5.41, 5.74) is 12.0. The van der Waals surface area contributed by atoms with Crippen molar-refractivity contribution in [1.29, 1.82) is 5.26 Å². The van der Waals surface area contributed by atoms with E-state index >= 15 is 0 Å². The molecule has 5 nitrogen and oxygen atoms in total. The Bertz CT molecular complexity index is 2960. The number of para-hydroxylation sites is 2. The van der Waals surface area contributed by atoms with Gasteiger partial charge in [-0.15, -0.1) is 0 Å². The number of aromatic nitrogens is 2. The van der Waals surface area contributed by atoms with Crippen molar-refractivity contribution >= 4 is 55.0 Å². The third kappa shape index (κ3) is 4.38. The van der Waals surface area contributed by atoms with E-state index in [1.807, 2.05) is 66.7 Å². The molecule has 50 heavy (non-hydrogen) atoms. The summed E-state index contributed by atoms with van der Waals surface area (Å²) in [6.07, 6.45) is 0. The summed E-state index contributed by atoms with van der Waals surface area (Å²) in [7, 11) is 0. The van der Waals surface area contributed by atoms with Gasteiger partial charge in [0.1, 0.15) is 0 Å². The van der Waals surface area contributed by atoms with Crippen LogP contribution in [0.1, 0.15) is 5.56 Å². The van der Waals surface area contributed by atoms with Crippen molar-refractivity contribution < 1.29 is 0 Å². The standard InChI is InChI=1S/C45H25N5/c1-47-31-19-23-39-36-11-5-7-13-41(36)49(44(39)26-31)33-20-16-30(17-21-33)34-9-3-4-10-35(34)38-22-18-32(48-2)27-45(38)50-42-14-8-6-12-37(42)40-25-29(28-46)15-24-43(40)50/h3-27H. The molecule has 0 spiro atoms. The number of hydrogen-bond acceptors (Lipinski definition) is 1. The molecule has 0 radical (unpaired) electrons. The Morgan fingerprint density at radius 1 is 0.460 bits per heavy atom. The van der Waals surface area contributed by atoms with Crippen molar-refractivity contribution in [3.8, 4) is 39.7 Å². The molecule has 7 aromatic carbocycles. The molecule has 9 aromatic rings. The zero-order chi connectivity index (χ0) is 33.8. The van der Waals surface area contributed by atoms with Crippen LogP contribution in [0.25, 0.3) is 86.9 Å². The Labute approximate surface area is 288 Å². The average molecular weight is 636 g/mol. The minimum absolute atomic E-state index is 0.553. The maximum atomic E-state index is 9.68. The van der Waals surface area contributed by atoms with E-state index in [0.717, 1.165) is 77.2 Å². The predicted octanol–water partition coefficient (Wildman–Crippen LogP) is 12.2. The van der Waals surface area contributed by atoms with Crippen molar-refractivity contribution in [1.82, 2.24) is 9.13 Å². The van der Waals surface area contributed by atoms with E-state index < -0.39 is 0 Å². The van der Waals surface area contributed by atoms with Crippen LogP contribution >= 0.6 is 0 Å². The van der Waals surface area contributed by atoms with Crippen LogP contribution in [0.15, 0.2) is 152 Å². The van der Waals surface area contributed by atoms with Crippen LogP contribution < -0.4 is 0 Å². The second-order valence-corrected chi connectivity index (χ2v) is 12.3. The fourth-order valence-corrected chi connectivity index (χ4v) is 7.37. The van der Waals surface area contributed by atoms with Crippen LogP contribution in [-0.4, -0.2) is 9.13 Å². The molecule has 0 aliphatic rings. The third-order valence-corrected chi connectivity index (χ3v) is 9.59. The van der Waals surface area contributed by atoms with Gasteiger partial charge in [0.25, 0.3) is 0 Å². The van der Waals surface area contributed by atoms with Gasteiger partial charge >= 0.3 is 0 Å². The van der Waals surface area contributed by atoms with Crippen LogP contribution in [0.5, 0.6) is 0 Å². The number of benzene rings is 7. The summed E-state index contributed by atoms with van der Waals surface area (Å²) >= 11 is 0. The molecule has 2 aromatic heterocycles. The monoisotopic (exact) mass is 635 g/mol. The highest BCUT2D eigenvalue weighted by molar-refractivity contribution is 6.11. The maximum absolute atomic E-state index is 9.68. The molecule has 9 rings (SSSR count).